The van der Waals surface area contributed by atoms with Crippen molar-refractivity contribution in [3.8, 4) is 0 Å². The van der Waals surface area contributed by atoms with E-state index < -0.39 is 17.8 Å². The van der Waals surface area contributed by atoms with Crippen LogP contribution in [0.15, 0.2) is 18.2 Å². The molecule has 1 aliphatic carbocycles. The van der Waals surface area contributed by atoms with Crippen LogP contribution in [0.4, 0.5) is 9.18 Å². The van der Waals surface area contributed by atoms with Crippen molar-refractivity contribution < 1.29 is 18.9 Å². The van der Waals surface area contributed by atoms with E-state index in [2.05, 4.69) is 10.6 Å². The molecule has 1 aromatic carbocycles. The van der Waals surface area contributed by atoms with Gasteiger partial charge in [0.2, 0.25) is 0 Å². The topological polar surface area (TPSA) is 62.6 Å². The fourth-order valence-corrected chi connectivity index (χ4v) is 3.21. The predicted molar refractivity (Wildman–Crippen MR) is 90.4 cm³/mol. The minimum absolute atomic E-state index is 0.0583. The average molecular weight is 357 g/mol. The first kappa shape index (κ1) is 18.7. The number of hydrogen-bond donors (Lipinski definition) is 3. The largest absolute Gasteiger partial charge is 0.335 e. The molecule has 0 saturated heterocycles. The Labute approximate surface area is 146 Å². The zero-order valence-electron chi connectivity index (χ0n) is 13.8. The van der Waals surface area contributed by atoms with Crippen LogP contribution in [-0.4, -0.2) is 31.6 Å². The molecular formula is C17H24ClFN3O2+. The van der Waals surface area contributed by atoms with Crippen LogP contribution in [0.25, 0.3) is 0 Å². The SMILES string of the molecule is C[NH+](CC(=O)NC(=O)NC1CCCCC1)Cc1c(F)cccc1Cl. The summed E-state index contributed by atoms with van der Waals surface area (Å²) in [5, 5.41) is 5.50. The smallest absolute Gasteiger partial charge is 0.321 e. The van der Waals surface area contributed by atoms with E-state index in [1.54, 1.807) is 19.2 Å². The highest BCUT2D eigenvalue weighted by Gasteiger charge is 2.19. The van der Waals surface area contributed by atoms with Crippen molar-refractivity contribution >= 4 is 23.5 Å². The summed E-state index contributed by atoms with van der Waals surface area (Å²) in [5.41, 5.74) is 0.371. The van der Waals surface area contributed by atoms with Gasteiger partial charge in [0.1, 0.15) is 12.4 Å². The third-order valence-corrected chi connectivity index (χ3v) is 4.55. The standard InChI is InChI=1S/C17H23ClFN3O2/c1-22(10-13-14(18)8-5-9-15(13)19)11-16(23)21-17(24)20-12-6-3-2-4-7-12/h5,8-9,12H,2-4,6-7,10-11H2,1H3,(H2,20,21,23,24)/p+1. The summed E-state index contributed by atoms with van der Waals surface area (Å²) in [6, 6.07) is 4.19. The van der Waals surface area contributed by atoms with Gasteiger partial charge < -0.3 is 10.2 Å². The van der Waals surface area contributed by atoms with Crippen LogP contribution in [0.3, 0.4) is 0 Å². The van der Waals surface area contributed by atoms with Gasteiger partial charge in [-0.15, -0.1) is 0 Å². The van der Waals surface area contributed by atoms with Crippen molar-refractivity contribution in [2.24, 2.45) is 0 Å². The fourth-order valence-electron chi connectivity index (χ4n) is 2.98. The number of benzene rings is 1. The highest BCUT2D eigenvalue weighted by Crippen LogP contribution is 2.18. The van der Waals surface area contributed by atoms with E-state index in [0.717, 1.165) is 30.6 Å². The van der Waals surface area contributed by atoms with Crippen molar-refractivity contribution in [3.63, 3.8) is 0 Å². The molecule has 0 aromatic heterocycles. The van der Waals surface area contributed by atoms with Gasteiger partial charge in [0, 0.05) is 6.04 Å². The quantitative estimate of drug-likeness (QED) is 0.751. The van der Waals surface area contributed by atoms with E-state index in [0.29, 0.717) is 10.6 Å². The molecule has 1 saturated carbocycles. The van der Waals surface area contributed by atoms with Crippen LogP contribution in [-0.2, 0) is 11.3 Å². The van der Waals surface area contributed by atoms with E-state index in [4.69, 9.17) is 11.6 Å². The Kier molecular flexibility index (Phi) is 6.99. The van der Waals surface area contributed by atoms with Gasteiger partial charge >= 0.3 is 6.03 Å². The summed E-state index contributed by atoms with van der Waals surface area (Å²) >= 11 is 5.98. The van der Waals surface area contributed by atoms with Crippen molar-refractivity contribution in [2.75, 3.05) is 13.6 Å². The van der Waals surface area contributed by atoms with Gasteiger partial charge in [-0.25, -0.2) is 9.18 Å². The molecule has 3 amide bonds. The number of halogens is 2. The lowest BCUT2D eigenvalue weighted by atomic mass is 9.96. The Hall–Kier alpha value is -1.66. The Morgan fingerprint density at radius 1 is 1.29 bits per heavy atom. The number of amides is 3. The lowest BCUT2D eigenvalue weighted by Crippen LogP contribution is -3.09. The van der Waals surface area contributed by atoms with E-state index in [-0.39, 0.29) is 19.1 Å². The van der Waals surface area contributed by atoms with Crippen molar-refractivity contribution in [1.82, 2.24) is 10.6 Å². The minimum atomic E-state index is -0.455. The second-order valence-corrected chi connectivity index (χ2v) is 6.77. The Morgan fingerprint density at radius 3 is 2.67 bits per heavy atom. The third kappa shape index (κ3) is 5.76. The molecule has 7 heteroatoms. The maximum atomic E-state index is 13.8. The van der Waals surface area contributed by atoms with Crippen LogP contribution < -0.4 is 15.5 Å². The molecule has 1 aromatic rings. The second kappa shape index (κ2) is 8.99. The Bertz CT molecular complexity index is 571. The molecule has 1 fully saturated rings. The van der Waals surface area contributed by atoms with Gasteiger partial charge in [-0.05, 0) is 25.0 Å². The molecule has 0 heterocycles. The second-order valence-electron chi connectivity index (χ2n) is 6.37. The maximum Gasteiger partial charge on any atom is 0.321 e. The molecule has 132 valence electrons. The molecule has 1 atom stereocenters. The summed E-state index contributed by atoms with van der Waals surface area (Å²) in [7, 11) is 1.75. The van der Waals surface area contributed by atoms with Crippen LogP contribution >= 0.6 is 11.6 Å². The van der Waals surface area contributed by atoms with Crippen LogP contribution in [0, 0.1) is 5.82 Å². The molecule has 1 unspecified atom stereocenters. The van der Waals surface area contributed by atoms with Crippen molar-refractivity contribution in [1.29, 1.82) is 0 Å². The molecule has 3 N–H and O–H groups in total. The monoisotopic (exact) mass is 356 g/mol. The normalized spacial score (nSPS) is 16.5. The van der Waals surface area contributed by atoms with Crippen LogP contribution in [0.5, 0.6) is 0 Å². The summed E-state index contributed by atoms with van der Waals surface area (Å²) in [4.78, 5) is 24.5. The molecule has 0 bridgehead atoms. The van der Waals surface area contributed by atoms with Gasteiger partial charge in [-0.1, -0.05) is 36.9 Å². The minimum Gasteiger partial charge on any atom is -0.335 e. The fraction of sp³-hybridized carbons (Fsp3) is 0.529. The Morgan fingerprint density at radius 2 is 2.00 bits per heavy atom. The van der Waals surface area contributed by atoms with E-state index in [1.165, 1.54) is 12.5 Å². The highest BCUT2D eigenvalue weighted by molar-refractivity contribution is 6.31. The van der Waals surface area contributed by atoms with Gasteiger partial charge in [-0.3, -0.25) is 10.1 Å². The first-order chi connectivity index (χ1) is 11.5. The number of nitrogens with one attached hydrogen (secondary N) is 3. The van der Waals surface area contributed by atoms with Gasteiger partial charge in [0.25, 0.3) is 5.91 Å². The first-order valence-electron chi connectivity index (χ1n) is 8.30. The Balaban J connectivity index is 1.77. The molecular weight excluding hydrogens is 333 g/mol. The number of rotatable bonds is 5. The predicted octanol–water partition coefficient (Wildman–Crippen LogP) is 1.65. The summed E-state index contributed by atoms with van der Waals surface area (Å²) in [6.45, 7) is 0.325. The molecule has 0 spiro atoms. The first-order valence-corrected chi connectivity index (χ1v) is 8.68. The van der Waals surface area contributed by atoms with Crippen molar-refractivity contribution in [2.45, 2.75) is 44.7 Å². The summed E-state index contributed by atoms with van der Waals surface area (Å²) in [6.07, 6.45) is 5.33. The average Bonchev–Trinajstić information content (AvgIpc) is 2.51. The number of carbonyl (C=O) groups is 2. The van der Waals surface area contributed by atoms with Gasteiger partial charge in [0.15, 0.2) is 6.54 Å². The zero-order chi connectivity index (χ0) is 17.5. The lowest BCUT2D eigenvalue weighted by Gasteiger charge is -2.22. The van der Waals surface area contributed by atoms with Crippen LogP contribution in [0.1, 0.15) is 37.7 Å². The number of carbonyl (C=O) groups excluding carboxylic acids is 2. The number of likely N-dealkylation sites (N-methyl/N-ethyl adjacent to an activating group) is 1. The third-order valence-electron chi connectivity index (χ3n) is 4.20. The molecule has 2 rings (SSSR count). The van der Waals surface area contributed by atoms with E-state index >= 15 is 0 Å². The highest BCUT2D eigenvalue weighted by atomic mass is 35.5. The van der Waals surface area contributed by atoms with Crippen molar-refractivity contribution in [3.05, 3.63) is 34.6 Å². The molecule has 0 radical (unpaired) electrons. The van der Waals surface area contributed by atoms with E-state index in [1.807, 2.05) is 0 Å². The number of urea groups is 1. The number of quaternary nitrogens is 1. The maximum absolute atomic E-state index is 13.8. The van der Waals surface area contributed by atoms with Crippen LogP contribution in [0.2, 0.25) is 5.02 Å². The summed E-state index contributed by atoms with van der Waals surface area (Å²) in [5.74, 6) is -0.787. The summed E-state index contributed by atoms with van der Waals surface area (Å²) < 4.78 is 13.8. The molecule has 0 aliphatic heterocycles. The zero-order valence-corrected chi connectivity index (χ0v) is 14.6. The van der Waals surface area contributed by atoms with Gasteiger partial charge in [-0.2, -0.15) is 0 Å². The molecule has 24 heavy (non-hydrogen) atoms. The van der Waals surface area contributed by atoms with Gasteiger partial charge in [0.05, 0.1) is 17.6 Å². The lowest BCUT2D eigenvalue weighted by molar-refractivity contribution is -0.885. The van der Waals surface area contributed by atoms with E-state index in [9.17, 15) is 14.0 Å². The number of imide groups is 1. The molecule has 1 aliphatic rings. The molecule has 5 nitrogen and oxygen atoms in total. The number of hydrogen-bond acceptors (Lipinski definition) is 2.